The number of aliphatic hydroxyl groups is 1. The lowest BCUT2D eigenvalue weighted by molar-refractivity contribution is 0.219. The first-order chi connectivity index (χ1) is 8.85. The van der Waals surface area contributed by atoms with Gasteiger partial charge in [-0.25, -0.2) is 0 Å². The molecule has 0 aliphatic carbocycles. The monoisotopic (exact) mass is 242 g/mol. The molecule has 2 aromatic rings. The van der Waals surface area contributed by atoms with Crippen LogP contribution < -0.4 is 0 Å². The summed E-state index contributed by atoms with van der Waals surface area (Å²) >= 11 is 0. The smallest absolute Gasteiger partial charge is 0.0705 e. The Morgan fingerprint density at radius 1 is 1.22 bits per heavy atom. The molecule has 3 rings (SSSR count). The highest BCUT2D eigenvalue weighted by Crippen LogP contribution is 2.18. The molecule has 3 nitrogen and oxygen atoms in total. The van der Waals surface area contributed by atoms with Crippen LogP contribution in [0.3, 0.4) is 0 Å². The second kappa shape index (κ2) is 5.04. The highest BCUT2D eigenvalue weighted by Gasteiger charge is 2.21. The van der Waals surface area contributed by atoms with Crippen LogP contribution in [-0.2, 0) is 6.54 Å². The van der Waals surface area contributed by atoms with Crippen LogP contribution in [0.15, 0.2) is 36.4 Å². The van der Waals surface area contributed by atoms with E-state index in [0.29, 0.717) is 12.5 Å². The molecular weight excluding hydrogens is 224 g/mol. The fourth-order valence-corrected chi connectivity index (χ4v) is 2.63. The van der Waals surface area contributed by atoms with Crippen LogP contribution in [0.5, 0.6) is 0 Å². The molecule has 94 valence electrons. The van der Waals surface area contributed by atoms with E-state index in [1.807, 2.05) is 12.1 Å². The predicted molar refractivity (Wildman–Crippen MR) is 72.2 cm³/mol. The Labute approximate surface area is 107 Å². The summed E-state index contributed by atoms with van der Waals surface area (Å²) in [7, 11) is 0. The first kappa shape index (κ1) is 11.6. The SMILES string of the molecule is OCC1CCN(Cc2ccc3ccccc3n2)C1. The van der Waals surface area contributed by atoms with Crippen molar-refractivity contribution in [3.05, 3.63) is 42.1 Å². The van der Waals surface area contributed by atoms with E-state index in [1.54, 1.807) is 0 Å². The van der Waals surface area contributed by atoms with Crippen molar-refractivity contribution in [2.75, 3.05) is 19.7 Å². The summed E-state index contributed by atoms with van der Waals surface area (Å²) in [4.78, 5) is 7.06. The van der Waals surface area contributed by atoms with Crippen LogP contribution in [0.2, 0.25) is 0 Å². The Morgan fingerprint density at radius 2 is 2.11 bits per heavy atom. The first-order valence-corrected chi connectivity index (χ1v) is 6.53. The van der Waals surface area contributed by atoms with Crippen LogP contribution in [0.1, 0.15) is 12.1 Å². The van der Waals surface area contributed by atoms with Crippen molar-refractivity contribution in [1.29, 1.82) is 0 Å². The molecule has 0 amide bonds. The molecule has 0 spiro atoms. The molecule has 18 heavy (non-hydrogen) atoms. The topological polar surface area (TPSA) is 36.4 Å². The van der Waals surface area contributed by atoms with Gasteiger partial charge in [-0.1, -0.05) is 24.3 Å². The van der Waals surface area contributed by atoms with Crippen molar-refractivity contribution in [3.63, 3.8) is 0 Å². The maximum Gasteiger partial charge on any atom is 0.0705 e. The Kier molecular flexibility index (Phi) is 3.26. The maximum atomic E-state index is 9.15. The van der Waals surface area contributed by atoms with Crippen LogP contribution >= 0.6 is 0 Å². The summed E-state index contributed by atoms with van der Waals surface area (Å²) in [5.74, 6) is 0.449. The molecule has 2 heterocycles. The average Bonchev–Trinajstić information content (AvgIpc) is 2.86. The van der Waals surface area contributed by atoms with E-state index in [2.05, 4.69) is 34.1 Å². The van der Waals surface area contributed by atoms with Crippen LogP contribution in [0, 0.1) is 5.92 Å². The van der Waals surface area contributed by atoms with E-state index in [1.165, 1.54) is 5.39 Å². The summed E-state index contributed by atoms with van der Waals surface area (Å²) in [5, 5.41) is 10.3. The van der Waals surface area contributed by atoms with E-state index < -0.39 is 0 Å². The van der Waals surface area contributed by atoms with E-state index in [-0.39, 0.29) is 0 Å². The lowest BCUT2D eigenvalue weighted by Crippen LogP contribution is -2.21. The Morgan fingerprint density at radius 3 is 2.94 bits per heavy atom. The number of hydrogen-bond acceptors (Lipinski definition) is 3. The molecule has 1 aromatic carbocycles. The van der Waals surface area contributed by atoms with Gasteiger partial charge in [-0.2, -0.15) is 0 Å². The van der Waals surface area contributed by atoms with Gasteiger partial charge in [0.25, 0.3) is 0 Å². The van der Waals surface area contributed by atoms with Gasteiger partial charge in [0.2, 0.25) is 0 Å². The van der Waals surface area contributed by atoms with Gasteiger partial charge in [-0.15, -0.1) is 0 Å². The molecule has 0 bridgehead atoms. The molecule has 1 saturated heterocycles. The number of nitrogens with zero attached hydrogens (tertiary/aromatic N) is 2. The zero-order chi connectivity index (χ0) is 12.4. The van der Waals surface area contributed by atoms with Gasteiger partial charge < -0.3 is 5.11 Å². The van der Waals surface area contributed by atoms with Crippen molar-refractivity contribution >= 4 is 10.9 Å². The Balaban J connectivity index is 1.75. The lowest BCUT2D eigenvalue weighted by atomic mass is 10.1. The van der Waals surface area contributed by atoms with E-state index in [9.17, 15) is 0 Å². The summed E-state index contributed by atoms with van der Waals surface area (Å²) in [5.41, 5.74) is 2.18. The molecule has 0 saturated carbocycles. The summed E-state index contributed by atoms with van der Waals surface area (Å²) in [6.07, 6.45) is 1.10. The number of fused-ring (bicyclic) bond motifs is 1. The zero-order valence-corrected chi connectivity index (χ0v) is 10.4. The van der Waals surface area contributed by atoms with Crippen molar-refractivity contribution in [2.45, 2.75) is 13.0 Å². The van der Waals surface area contributed by atoms with Gasteiger partial charge in [0.05, 0.1) is 11.2 Å². The van der Waals surface area contributed by atoms with Gasteiger partial charge >= 0.3 is 0 Å². The number of aliphatic hydroxyl groups excluding tert-OH is 1. The highest BCUT2D eigenvalue weighted by atomic mass is 16.3. The summed E-state index contributed by atoms with van der Waals surface area (Å²) in [6, 6.07) is 12.4. The fraction of sp³-hybridized carbons (Fsp3) is 0.400. The number of para-hydroxylation sites is 1. The fourth-order valence-electron chi connectivity index (χ4n) is 2.63. The third kappa shape index (κ3) is 2.37. The first-order valence-electron chi connectivity index (χ1n) is 6.53. The number of likely N-dealkylation sites (tertiary alicyclic amines) is 1. The average molecular weight is 242 g/mol. The van der Waals surface area contributed by atoms with Gasteiger partial charge in [0.1, 0.15) is 0 Å². The molecule has 1 aliphatic heterocycles. The molecule has 1 aromatic heterocycles. The van der Waals surface area contributed by atoms with Gasteiger partial charge in [0, 0.05) is 25.1 Å². The third-order valence-electron chi connectivity index (χ3n) is 3.67. The summed E-state index contributed by atoms with van der Waals surface area (Å²) < 4.78 is 0. The van der Waals surface area contributed by atoms with Crippen molar-refractivity contribution in [3.8, 4) is 0 Å². The van der Waals surface area contributed by atoms with E-state index >= 15 is 0 Å². The molecule has 1 aliphatic rings. The molecule has 1 fully saturated rings. The molecule has 1 atom stereocenters. The second-order valence-corrected chi connectivity index (χ2v) is 5.07. The minimum absolute atomic E-state index is 0.307. The maximum absolute atomic E-state index is 9.15. The predicted octanol–water partition coefficient (Wildman–Crippen LogP) is 2.05. The standard InChI is InChI=1S/C15H18N2O/c18-11-12-7-8-17(9-12)10-14-6-5-13-3-1-2-4-15(13)16-14/h1-6,12,18H,7-11H2. The van der Waals surface area contributed by atoms with Crippen molar-refractivity contribution < 1.29 is 5.11 Å². The lowest BCUT2D eigenvalue weighted by Gasteiger charge is -2.15. The molecule has 1 N–H and O–H groups in total. The Hall–Kier alpha value is -1.45. The second-order valence-electron chi connectivity index (χ2n) is 5.07. The van der Waals surface area contributed by atoms with Crippen molar-refractivity contribution in [2.24, 2.45) is 5.92 Å². The zero-order valence-electron chi connectivity index (χ0n) is 10.4. The highest BCUT2D eigenvalue weighted by molar-refractivity contribution is 5.78. The number of hydrogen-bond donors (Lipinski definition) is 1. The van der Waals surface area contributed by atoms with E-state index in [4.69, 9.17) is 5.11 Å². The largest absolute Gasteiger partial charge is 0.396 e. The van der Waals surface area contributed by atoms with E-state index in [0.717, 1.165) is 37.3 Å². The number of aromatic nitrogens is 1. The molecule has 3 heteroatoms. The van der Waals surface area contributed by atoms with Gasteiger partial charge in [0.15, 0.2) is 0 Å². The van der Waals surface area contributed by atoms with Gasteiger partial charge in [-0.3, -0.25) is 9.88 Å². The number of pyridine rings is 1. The normalized spacial score (nSPS) is 20.6. The minimum atomic E-state index is 0.307. The van der Waals surface area contributed by atoms with Gasteiger partial charge in [-0.05, 0) is 31.0 Å². The third-order valence-corrected chi connectivity index (χ3v) is 3.67. The molecule has 0 radical (unpaired) electrons. The van der Waals surface area contributed by atoms with Crippen LogP contribution in [-0.4, -0.2) is 34.7 Å². The molecule has 1 unspecified atom stereocenters. The van der Waals surface area contributed by atoms with Crippen LogP contribution in [0.25, 0.3) is 10.9 Å². The quantitative estimate of drug-likeness (QED) is 0.895. The van der Waals surface area contributed by atoms with Crippen LogP contribution in [0.4, 0.5) is 0 Å². The number of rotatable bonds is 3. The van der Waals surface area contributed by atoms with Crippen molar-refractivity contribution in [1.82, 2.24) is 9.88 Å². The summed E-state index contributed by atoms with van der Waals surface area (Å²) in [6.45, 7) is 3.26. The number of benzene rings is 1. The minimum Gasteiger partial charge on any atom is -0.396 e. The molecular formula is C15H18N2O. The Bertz CT molecular complexity index is 541.